The minimum absolute atomic E-state index is 0.122. The molecule has 0 aromatic heterocycles. The van der Waals surface area contributed by atoms with Crippen molar-refractivity contribution in [3.05, 3.63) is 11.9 Å². The van der Waals surface area contributed by atoms with Gasteiger partial charge >= 0.3 is 6.08 Å². The minimum Gasteiger partial charge on any atom is -0.393 e. The molecular formula is C8H12F3NO2. The minimum atomic E-state index is -2.37. The van der Waals surface area contributed by atoms with Crippen LogP contribution in [0.5, 0.6) is 0 Å². The highest BCUT2D eigenvalue weighted by Crippen LogP contribution is 2.11. The summed E-state index contributed by atoms with van der Waals surface area (Å²) in [6.07, 6.45) is -3.82. The van der Waals surface area contributed by atoms with Gasteiger partial charge < -0.3 is 10.4 Å². The fourth-order valence-electron chi connectivity index (χ4n) is 0.747. The van der Waals surface area contributed by atoms with E-state index in [1.165, 1.54) is 6.92 Å². The van der Waals surface area contributed by atoms with E-state index in [0.29, 0.717) is 0 Å². The Hall–Kier alpha value is -1.04. The van der Waals surface area contributed by atoms with Gasteiger partial charge in [0.05, 0.1) is 12.5 Å². The molecule has 0 aliphatic carbocycles. The first-order chi connectivity index (χ1) is 6.43. The van der Waals surface area contributed by atoms with Gasteiger partial charge in [0.15, 0.2) is 5.83 Å². The molecule has 1 amide bonds. The zero-order valence-corrected chi connectivity index (χ0v) is 7.69. The molecule has 82 valence electrons. The van der Waals surface area contributed by atoms with E-state index in [1.807, 2.05) is 0 Å². The van der Waals surface area contributed by atoms with E-state index in [2.05, 4.69) is 5.32 Å². The van der Waals surface area contributed by atoms with Gasteiger partial charge in [0.25, 0.3) is 0 Å². The Kier molecular flexibility index (Phi) is 5.94. The lowest BCUT2D eigenvalue weighted by atomic mass is 10.2. The molecule has 0 aliphatic heterocycles. The zero-order chi connectivity index (χ0) is 11.1. The van der Waals surface area contributed by atoms with Crippen LogP contribution in [0.1, 0.15) is 19.8 Å². The van der Waals surface area contributed by atoms with Crippen LogP contribution in [0.4, 0.5) is 13.2 Å². The lowest BCUT2D eigenvalue weighted by molar-refractivity contribution is -0.122. The number of nitrogens with one attached hydrogen (secondary N) is 1. The summed E-state index contributed by atoms with van der Waals surface area (Å²) in [6.45, 7) is 1.22. The molecule has 3 nitrogen and oxygen atoms in total. The van der Waals surface area contributed by atoms with Gasteiger partial charge in [0, 0.05) is 13.0 Å². The molecule has 14 heavy (non-hydrogen) atoms. The summed E-state index contributed by atoms with van der Waals surface area (Å²) in [5.74, 6) is -2.02. The van der Waals surface area contributed by atoms with Crippen LogP contribution in [0.2, 0.25) is 0 Å². The third kappa shape index (κ3) is 6.47. The summed E-state index contributed by atoms with van der Waals surface area (Å²) in [5.41, 5.74) is 0. The molecule has 1 unspecified atom stereocenters. The number of carbonyl (C=O) groups excluding carboxylic acids is 1. The number of carbonyl (C=O) groups is 1. The molecule has 0 bridgehead atoms. The van der Waals surface area contributed by atoms with E-state index in [1.54, 1.807) is 0 Å². The quantitative estimate of drug-likeness (QED) is 0.721. The predicted octanol–water partition coefficient (Wildman–Crippen LogP) is 1.34. The molecule has 0 saturated carbocycles. The standard InChI is InChI=1S/C8H12F3NO2/c1-5(13)4-7(14)12-3-2-6(9)8(10)11/h5,13H,2-4H2,1H3,(H,12,14). The van der Waals surface area contributed by atoms with E-state index in [4.69, 9.17) is 5.11 Å². The maximum Gasteiger partial charge on any atom is 0.301 e. The van der Waals surface area contributed by atoms with E-state index in [-0.39, 0.29) is 13.0 Å². The second kappa shape index (κ2) is 6.42. The lowest BCUT2D eigenvalue weighted by Crippen LogP contribution is -2.27. The molecule has 0 spiro atoms. The third-order valence-corrected chi connectivity index (χ3v) is 1.35. The summed E-state index contributed by atoms with van der Waals surface area (Å²) in [7, 11) is 0. The topological polar surface area (TPSA) is 49.3 Å². The highest BCUT2D eigenvalue weighted by molar-refractivity contribution is 5.76. The van der Waals surface area contributed by atoms with Gasteiger partial charge in [-0.2, -0.15) is 8.78 Å². The van der Waals surface area contributed by atoms with Gasteiger partial charge in [-0.05, 0) is 6.92 Å². The summed E-state index contributed by atoms with van der Waals surface area (Å²) in [4.78, 5) is 10.8. The van der Waals surface area contributed by atoms with E-state index < -0.39 is 30.3 Å². The van der Waals surface area contributed by atoms with Crippen molar-refractivity contribution in [3.8, 4) is 0 Å². The molecule has 0 aliphatic rings. The van der Waals surface area contributed by atoms with Crippen LogP contribution in [-0.4, -0.2) is 23.7 Å². The SMILES string of the molecule is CC(O)CC(=O)NCCC(F)=C(F)F. The van der Waals surface area contributed by atoms with Crippen molar-refractivity contribution in [1.82, 2.24) is 5.32 Å². The summed E-state index contributed by atoms with van der Waals surface area (Å²) >= 11 is 0. The first-order valence-electron chi connectivity index (χ1n) is 4.08. The fraction of sp³-hybridized carbons (Fsp3) is 0.625. The highest BCUT2D eigenvalue weighted by atomic mass is 19.3. The fourth-order valence-corrected chi connectivity index (χ4v) is 0.747. The summed E-state index contributed by atoms with van der Waals surface area (Å²) < 4.78 is 35.2. The molecule has 0 fully saturated rings. The van der Waals surface area contributed by atoms with Gasteiger partial charge in [-0.1, -0.05) is 0 Å². The number of hydrogen-bond donors (Lipinski definition) is 2. The largest absolute Gasteiger partial charge is 0.393 e. The Bertz CT molecular complexity index is 225. The second-order valence-corrected chi connectivity index (χ2v) is 2.82. The van der Waals surface area contributed by atoms with Crippen molar-refractivity contribution in [2.75, 3.05) is 6.54 Å². The molecule has 2 N–H and O–H groups in total. The molecule has 1 atom stereocenters. The first kappa shape index (κ1) is 13.0. The molecule has 0 radical (unpaired) electrons. The van der Waals surface area contributed by atoms with E-state index >= 15 is 0 Å². The third-order valence-electron chi connectivity index (χ3n) is 1.35. The number of amides is 1. The Balaban J connectivity index is 3.65. The Morgan fingerprint density at radius 3 is 2.43 bits per heavy atom. The summed E-state index contributed by atoms with van der Waals surface area (Å²) in [6, 6.07) is 0. The van der Waals surface area contributed by atoms with Crippen LogP contribution < -0.4 is 5.32 Å². The van der Waals surface area contributed by atoms with Crippen molar-refractivity contribution in [1.29, 1.82) is 0 Å². The van der Waals surface area contributed by atoms with Crippen LogP contribution in [0.25, 0.3) is 0 Å². The summed E-state index contributed by atoms with van der Waals surface area (Å²) in [5, 5.41) is 10.9. The molecule has 0 aromatic rings. The van der Waals surface area contributed by atoms with Crippen molar-refractivity contribution in [3.63, 3.8) is 0 Å². The van der Waals surface area contributed by atoms with Crippen molar-refractivity contribution in [2.24, 2.45) is 0 Å². The second-order valence-electron chi connectivity index (χ2n) is 2.82. The van der Waals surface area contributed by atoms with Gasteiger partial charge in [-0.3, -0.25) is 4.79 Å². The predicted molar refractivity (Wildman–Crippen MR) is 44.3 cm³/mol. The van der Waals surface area contributed by atoms with E-state index in [0.717, 1.165) is 0 Å². The lowest BCUT2D eigenvalue weighted by Gasteiger charge is -2.05. The Morgan fingerprint density at radius 2 is 2.00 bits per heavy atom. The van der Waals surface area contributed by atoms with Crippen molar-refractivity contribution < 1.29 is 23.1 Å². The molecule has 0 rings (SSSR count). The normalized spacial score (nSPS) is 12.1. The van der Waals surface area contributed by atoms with E-state index in [9.17, 15) is 18.0 Å². The van der Waals surface area contributed by atoms with Gasteiger partial charge in [0.1, 0.15) is 0 Å². The smallest absolute Gasteiger partial charge is 0.301 e. The van der Waals surface area contributed by atoms with Gasteiger partial charge in [-0.25, -0.2) is 4.39 Å². The Labute approximate surface area is 79.6 Å². The number of rotatable bonds is 5. The van der Waals surface area contributed by atoms with Gasteiger partial charge in [-0.15, -0.1) is 0 Å². The van der Waals surface area contributed by atoms with Crippen LogP contribution in [0, 0.1) is 0 Å². The van der Waals surface area contributed by atoms with Crippen LogP contribution >= 0.6 is 0 Å². The number of hydrogen-bond acceptors (Lipinski definition) is 2. The molecule has 0 saturated heterocycles. The molecule has 6 heteroatoms. The molecule has 0 aromatic carbocycles. The number of halogens is 3. The zero-order valence-electron chi connectivity index (χ0n) is 7.69. The monoisotopic (exact) mass is 211 g/mol. The average molecular weight is 211 g/mol. The van der Waals surface area contributed by atoms with Gasteiger partial charge in [0.2, 0.25) is 5.91 Å². The van der Waals surface area contributed by atoms with Crippen molar-refractivity contribution in [2.45, 2.75) is 25.9 Å². The Morgan fingerprint density at radius 1 is 1.43 bits per heavy atom. The number of aliphatic hydroxyl groups excluding tert-OH is 1. The van der Waals surface area contributed by atoms with Crippen LogP contribution in [-0.2, 0) is 4.79 Å². The van der Waals surface area contributed by atoms with Crippen LogP contribution in [0.15, 0.2) is 11.9 Å². The molecular weight excluding hydrogens is 199 g/mol. The average Bonchev–Trinajstić information content (AvgIpc) is 2.02. The number of aliphatic hydroxyl groups is 1. The van der Waals surface area contributed by atoms with Crippen molar-refractivity contribution >= 4 is 5.91 Å². The maximum atomic E-state index is 12.2. The maximum absolute atomic E-state index is 12.2. The highest BCUT2D eigenvalue weighted by Gasteiger charge is 2.07. The molecule has 0 heterocycles. The first-order valence-corrected chi connectivity index (χ1v) is 4.08. The van der Waals surface area contributed by atoms with Crippen LogP contribution in [0.3, 0.4) is 0 Å².